The van der Waals surface area contributed by atoms with E-state index in [1.165, 1.54) is 0 Å². The molecular formula is C10H9Cl2NO. The van der Waals surface area contributed by atoms with E-state index in [0.29, 0.717) is 16.6 Å². The van der Waals surface area contributed by atoms with E-state index in [9.17, 15) is 4.79 Å². The molecule has 0 aromatic carbocycles. The molecule has 2 nitrogen and oxygen atoms in total. The molecule has 1 fully saturated rings. The molecule has 0 bridgehead atoms. The zero-order valence-electron chi connectivity index (χ0n) is 7.46. The van der Waals surface area contributed by atoms with Gasteiger partial charge < -0.3 is 0 Å². The van der Waals surface area contributed by atoms with Crippen molar-refractivity contribution in [2.24, 2.45) is 0 Å². The first-order chi connectivity index (χ1) is 6.68. The summed E-state index contributed by atoms with van der Waals surface area (Å²) in [5.74, 6) is 0.266. The Bertz CT molecular complexity index is 378. The lowest BCUT2D eigenvalue weighted by Gasteiger charge is -2.08. The number of nitrogens with zero attached hydrogens (tertiary/aromatic N) is 1. The Balaban J connectivity index is 2.32. The van der Waals surface area contributed by atoms with E-state index in [0.717, 1.165) is 18.4 Å². The highest BCUT2D eigenvalue weighted by atomic mass is 35.5. The van der Waals surface area contributed by atoms with Crippen LogP contribution in [-0.2, 0) is 4.79 Å². The topological polar surface area (TPSA) is 30.0 Å². The lowest BCUT2D eigenvalue weighted by Crippen LogP contribution is -2.04. The van der Waals surface area contributed by atoms with Crippen LogP contribution in [0.2, 0.25) is 10.2 Å². The highest BCUT2D eigenvalue weighted by Gasteiger charge is 2.26. The van der Waals surface area contributed by atoms with Crippen LogP contribution in [0, 0.1) is 0 Å². The molecule has 0 amide bonds. The van der Waals surface area contributed by atoms with Gasteiger partial charge in [0.15, 0.2) is 0 Å². The molecule has 1 aromatic rings. The van der Waals surface area contributed by atoms with Crippen molar-refractivity contribution in [1.29, 1.82) is 0 Å². The van der Waals surface area contributed by atoms with Crippen molar-refractivity contribution in [3.63, 3.8) is 0 Å². The number of carbonyl (C=O) groups excluding carboxylic acids is 1. The number of hydrogen-bond donors (Lipinski definition) is 0. The smallest absolute Gasteiger partial charge is 0.147 e. The SMILES string of the molecule is O=C1CCCC1c1cnc(Cl)c(Cl)c1. The van der Waals surface area contributed by atoms with Crippen LogP contribution in [-0.4, -0.2) is 10.8 Å². The van der Waals surface area contributed by atoms with Gasteiger partial charge >= 0.3 is 0 Å². The summed E-state index contributed by atoms with van der Waals surface area (Å²) in [4.78, 5) is 15.4. The van der Waals surface area contributed by atoms with Gasteiger partial charge in [-0.05, 0) is 24.5 Å². The average molecular weight is 230 g/mol. The van der Waals surface area contributed by atoms with Gasteiger partial charge in [-0.25, -0.2) is 4.98 Å². The van der Waals surface area contributed by atoms with Gasteiger partial charge in [0.05, 0.1) is 5.02 Å². The summed E-state index contributed by atoms with van der Waals surface area (Å²) in [5.41, 5.74) is 0.891. The zero-order chi connectivity index (χ0) is 10.1. The second-order valence-electron chi connectivity index (χ2n) is 3.45. The van der Waals surface area contributed by atoms with Crippen LogP contribution in [0.5, 0.6) is 0 Å². The summed E-state index contributed by atoms with van der Waals surface area (Å²) in [6.07, 6.45) is 4.18. The second-order valence-corrected chi connectivity index (χ2v) is 4.22. The van der Waals surface area contributed by atoms with E-state index in [1.807, 2.05) is 0 Å². The highest BCUT2D eigenvalue weighted by Crippen LogP contribution is 2.33. The maximum Gasteiger partial charge on any atom is 0.147 e. The van der Waals surface area contributed by atoms with E-state index in [2.05, 4.69) is 4.98 Å². The number of carbonyl (C=O) groups is 1. The van der Waals surface area contributed by atoms with Crippen molar-refractivity contribution in [1.82, 2.24) is 4.98 Å². The fraction of sp³-hybridized carbons (Fsp3) is 0.400. The first-order valence-electron chi connectivity index (χ1n) is 4.52. The lowest BCUT2D eigenvalue weighted by atomic mass is 9.99. The number of hydrogen-bond acceptors (Lipinski definition) is 2. The summed E-state index contributed by atoms with van der Waals surface area (Å²) >= 11 is 11.5. The Kier molecular flexibility index (Phi) is 2.75. The molecule has 1 heterocycles. The van der Waals surface area contributed by atoms with Gasteiger partial charge in [-0.2, -0.15) is 0 Å². The highest BCUT2D eigenvalue weighted by molar-refractivity contribution is 6.41. The molecule has 0 radical (unpaired) electrons. The fourth-order valence-electron chi connectivity index (χ4n) is 1.79. The van der Waals surface area contributed by atoms with Crippen molar-refractivity contribution < 1.29 is 4.79 Å². The largest absolute Gasteiger partial charge is 0.299 e. The zero-order valence-corrected chi connectivity index (χ0v) is 8.98. The summed E-state index contributed by atoms with van der Waals surface area (Å²) in [7, 11) is 0. The van der Waals surface area contributed by atoms with Crippen LogP contribution >= 0.6 is 23.2 Å². The summed E-state index contributed by atoms with van der Waals surface area (Å²) in [5, 5.41) is 0.713. The number of pyridine rings is 1. The molecular weight excluding hydrogens is 221 g/mol. The van der Waals surface area contributed by atoms with E-state index in [-0.39, 0.29) is 11.7 Å². The first-order valence-corrected chi connectivity index (χ1v) is 5.28. The van der Waals surface area contributed by atoms with Crippen LogP contribution in [0.1, 0.15) is 30.7 Å². The minimum Gasteiger partial charge on any atom is -0.299 e. The number of rotatable bonds is 1. The molecule has 1 aliphatic carbocycles. The standard InChI is InChI=1S/C10H9Cl2NO/c11-8-4-6(5-13-10(8)12)7-2-1-3-9(7)14/h4-5,7H,1-3H2. The molecule has 14 heavy (non-hydrogen) atoms. The van der Waals surface area contributed by atoms with Gasteiger partial charge in [0.2, 0.25) is 0 Å². The molecule has 1 atom stereocenters. The van der Waals surface area contributed by atoms with Crippen molar-refractivity contribution in [2.45, 2.75) is 25.2 Å². The molecule has 2 rings (SSSR count). The molecule has 1 aromatic heterocycles. The van der Waals surface area contributed by atoms with Crippen LogP contribution in [0.4, 0.5) is 0 Å². The molecule has 1 aliphatic rings. The van der Waals surface area contributed by atoms with Crippen molar-refractivity contribution in [3.8, 4) is 0 Å². The summed E-state index contributed by atoms with van der Waals surface area (Å²) in [6, 6.07) is 1.74. The Morgan fingerprint density at radius 1 is 1.43 bits per heavy atom. The normalized spacial score (nSPS) is 21.6. The van der Waals surface area contributed by atoms with E-state index in [4.69, 9.17) is 23.2 Å². The fourth-order valence-corrected chi connectivity index (χ4v) is 2.07. The van der Waals surface area contributed by atoms with Gasteiger partial charge in [0.1, 0.15) is 10.9 Å². The average Bonchev–Trinajstić information content (AvgIpc) is 2.57. The van der Waals surface area contributed by atoms with E-state index in [1.54, 1.807) is 12.3 Å². The molecule has 0 N–H and O–H groups in total. The van der Waals surface area contributed by atoms with Crippen molar-refractivity contribution in [2.75, 3.05) is 0 Å². The van der Waals surface area contributed by atoms with Crippen LogP contribution in [0.25, 0.3) is 0 Å². The van der Waals surface area contributed by atoms with Gasteiger partial charge in [-0.3, -0.25) is 4.79 Å². The van der Waals surface area contributed by atoms with Crippen LogP contribution in [0.3, 0.4) is 0 Å². The Hall–Kier alpha value is -0.600. The molecule has 4 heteroatoms. The van der Waals surface area contributed by atoms with Crippen LogP contribution in [0.15, 0.2) is 12.3 Å². The molecule has 0 aliphatic heterocycles. The molecule has 74 valence electrons. The predicted octanol–water partition coefficient (Wildman–Crippen LogP) is 3.23. The minimum absolute atomic E-state index is 0.0164. The molecule has 1 saturated carbocycles. The Morgan fingerprint density at radius 2 is 2.21 bits per heavy atom. The number of aromatic nitrogens is 1. The number of ketones is 1. The Morgan fingerprint density at radius 3 is 2.79 bits per heavy atom. The quantitative estimate of drug-likeness (QED) is 0.693. The van der Waals surface area contributed by atoms with Gasteiger partial charge in [0, 0.05) is 18.5 Å². The van der Waals surface area contributed by atoms with Gasteiger partial charge in [-0.1, -0.05) is 23.2 Å². The van der Waals surface area contributed by atoms with Crippen molar-refractivity contribution in [3.05, 3.63) is 28.0 Å². The van der Waals surface area contributed by atoms with Gasteiger partial charge in [0.25, 0.3) is 0 Å². The third kappa shape index (κ3) is 1.77. The molecule has 0 spiro atoms. The second kappa shape index (κ2) is 3.87. The first kappa shape index (κ1) is 9.94. The predicted molar refractivity (Wildman–Crippen MR) is 55.9 cm³/mol. The van der Waals surface area contributed by atoms with Crippen LogP contribution < -0.4 is 0 Å². The maximum absolute atomic E-state index is 11.5. The van der Waals surface area contributed by atoms with E-state index < -0.39 is 0 Å². The third-order valence-electron chi connectivity index (χ3n) is 2.52. The number of halogens is 2. The minimum atomic E-state index is -0.0164. The lowest BCUT2D eigenvalue weighted by molar-refractivity contribution is -0.118. The van der Waals surface area contributed by atoms with E-state index >= 15 is 0 Å². The monoisotopic (exact) mass is 229 g/mol. The van der Waals surface area contributed by atoms with Gasteiger partial charge in [-0.15, -0.1) is 0 Å². The molecule has 0 saturated heterocycles. The maximum atomic E-state index is 11.5. The van der Waals surface area contributed by atoms with Crippen molar-refractivity contribution >= 4 is 29.0 Å². The Labute approximate surface area is 92.2 Å². The summed E-state index contributed by atoms with van der Waals surface area (Å²) in [6.45, 7) is 0. The summed E-state index contributed by atoms with van der Waals surface area (Å²) < 4.78 is 0. The number of Topliss-reactive ketones (excluding diaryl/α,β-unsaturated/α-hetero) is 1. The third-order valence-corrected chi connectivity index (χ3v) is 3.21. The molecule has 1 unspecified atom stereocenters.